The molecule has 0 unspecified atom stereocenters. The number of benzene rings is 1. The Labute approximate surface area is 144 Å². The Morgan fingerprint density at radius 1 is 1.21 bits per heavy atom. The summed E-state index contributed by atoms with van der Waals surface area (Å²) >= 11 is 1.18. The van der Waals surface area contributed by atoms with Gasteiger partial charge in [-0.2, -0.15) is 0 Å². The van der Waals surface area contributed by atoms with E-state index in [1.165, 1.54) is 11.8 Å². The van der Waals surface area contributed by atoms with Gasteiger partial charge in [-0.15, -0.1) is 5.10 Å². The predicted octanol–water partition coefficient (Wildman–Crippen LogP) is 1.55. The lowest BCUT2D eigenvalue weighted by Gasteiger charge is -2.19. The number of tetrazole rings is 1. The fraction of sp³-hybridized carbons (Fsp3) is 0.400. The molecule has 0 spiro atoms. The van der Waals surface area contributed by atoms with Crippen LogP contribution in [0.1, 0.15) is 26.3 Å². The molecule has 9 heteroatoms. The van der Waals surface area contributed by atoms with Crippen LogP contribution in [0.2, 0.25) is 0 Å². The normalized spacial score (nSPS) is 11.1. The molecule has 0 aliphatic heterocycles. The van der Waals surface area contributed by atoms with Crippen LogP contribution in [0, 0.1) is 0 Å². The maximum atomic E-state index is 11.9. The van der Waals surface area contributed by atoms with Crippen molar-refractivity contribution in [3.8, 4) is 0 Å². The van der Waals surface area contributed by atoms with Gasteiger partial charge in [-0.3, -0.25) is 10.1 Å². The largest absolute Gasteiger partial charge is 0.334 e. The molecular weight excluding hydrogens is 328 g/mol. The molecule has 1 heterocycles. The van der Waals surface area contributed by atoms with Crippen LogP contribution in [0.25, 0.3) is 0 Å². The summed E-state index contributed by atoms with van der Waals surface area (Å²) in [7, 11) is 0. The van der Waals surface area contributed by atoms with Gasteiger partial charge in [-0.25, -0.2) is 9.48 Å². The third-order valence-electron chi connectivity index (χ3n) is 2.96. The van der Waals surface area contributed by atoms with E-state index in [2.05, 4.69) is 26.2 Å². The zero-order valence-electron chi connectivity index (χ0n) is 13.8. The number of hydrogen-bond donors (Lipinski definition) is 2. The average molecular weight is 348 g/mol. The summed E-state index contributed by atoms with van der Waals surface area (Å²) in [6.45, 7) is 6.24. The topological polar surface area (TPSA) is 102 Å². The van der Waals surface area contributed by atoms with Crippen LogP contribution in [0.3, 0.4) is 0 Å². The highest BCUT2D eigenvalue weighted by atomic mass is 32.2. The molecule has 0 aliphatic rings. The molecule has 8 nitrogen and oxygen atoms in total. The molecule has 1 aromatic carbocycles. The van der Waals surface area contributed by atoms with Crippen LogP contribution in [-0.4, -0.2) is 37.9 Å². The van der Waals surface area contributed by atoms with Crippen LogP contribution in [-0.2, 0) is 16.9 Å². The number of amides is 3. The molecule has 2 aromatic rings. The van der Waals surface area contributed by atoms with Crippen molar-refractivity contribution < 1.29 is 9.59 Å². The maximum absolute atomic E-state index is 11.9. The van der Waals surface area contributed by atoms with Gasteiger partial charge in [0, 0.05) is 6.54 Å². The third-order valence-corrected chi connectivity index (χ3v) is 3.88. The first-order valence-electron chi connectivity index (χ1n) is 7.39. The summed E-state index contributed by atoms with van der Waals surface area (Å²) in [6.07, 6.45) is 0. The third kappa shape index (κ3) is 5.34. The lowest BCUT2D eigenvalue weighted by Crippen LogP contribution is -2.40. The summed E-state index contributed by atoms with van der Waals surface area (Å²) in [4.78, 5) is 23.6. The summed E-state index contributed by atoms with van der Waals surface area (Å²) in [5.74, 6) is -0.358. The van der Waals surface area contributed by atoms with Gasteiger partial charge in [-0.05, 0) is 36.8 Å². The number of imide groups is 1. The Hall–Kier alpha value is -2.42. The van der Waals surface area contributed by atoms with Gasteiger partial charge in [0.15, 0.2) is 0 Å². The minimum Gasteiger partial charge on any atom is -0.334 e. The van der Waals surface area contributed by atoms with Crippen molar-refractivity contribution in [1.29, 1.82) is 0 Å². The molecule has 0 saturated heterocycles. The van der Waals surface area contributed by atoms with Crippen LogP contribution in [0.5, 0.6) is 0 Å². The SMILES string of the molecule is CC(C)(C)n1nnnc1SCC(=O)NC(=O)NCc1ccccc1. The fourth-order valence-electron chi connectivity index (χ4n) is 1.81. The molecule has 2 rings (SSSR count). The van der Waals surface area contributed by atoms with Gasteiger partial charge < -0.3 is 5.32 Å². The van der Waals surface area contributed by atoms with E-state index < -0.39 is 11.9 Å². The lowest BCUT2D eigenvalue weighted by molar-refractivity contribution is -0.117. The van der Waals surface area contributed by atoms with Crippen molar-refractivity contribution in [3.63, 3.8) is 0 Å². The molecular formula is C15H20N6O2S. The summed E-state index contributed by atoms with van der Waals surface area (Å²) in [6, 6.07) is 8.93. The zero-order valence-corrected chi connectivity index (χ0v) is 14.6. The van der Waals surface area contributed by atoms with E-state index >= 15 is 0 Å². The first-order valence-corrected chi connectivity index (χ1v) is 8.38. The Kier molecular flexibility index (Phi) is 5.91. The summed E-state index contributed by atoms with van der Waals surface area (Å²) in [5.41, 5.74) is 0.675. The quantitative estimate of drug-likeness (QED) is 0.795. The van der Waals surface area contributed by atoms with Crippen molar-refractivity contribution in [2.24, 2.45) is 0 Å². The number of thioether (sulfide) groups is 1. The van der Waals surface area contributed by atoms with Gasteiger partial charge in [-0.1, -0.05) is 42.1 Å². The Bertz CT molecular complexity index is 695. The fourth-order valence-corrected chi connectivity index (χ4v) is 2.66. The Morgan fingerprint density at radius 2 is 1.92 bits per heavy atom. The van der Waals surface area contributed by atoms with Crippen LogP contribution < -0.4 is 10.6 Å². The van der Waals surface area contributed by atoms with Gasteiger partial charge in [0.2, 0.25) is 11.1 Å². The highest BCUT2D eigenvalue weighted by molar-refractivity contribution is 7.99. The van der Waals surface area contributed by atoms with E-state index in [1.54, 1.807) is 4.68 Å². The Balaban J connectivity index is 1.77. The number of rotatable bonds is 5. The highest BCUT2D eigenvalue weighted by Crippen LogP contribution is 2.20. The van der Waals surface area contributed by atoms with E-state index in [-0.39, 0.29) is 11.3 Å². The first kappa shape index (κ1) is 17.9. The van der Waals surface area contributed by atoms with Crippen LogP contribution >= 0.6 is 11.8 Å². The summed E-state index contributed by atoms with van der Waals surface area (Å²) < 4.78 is 1.64. The number of aromatic nitrogens is 4. The average Bonchev–Trinajstić information content (AvgIpc) is 3.01. The minimum absolute atomic E-state index is 0.0508. The molecule has 24 heavy (non-hydrogen) atoms. The Morgan fingerprint density at radius 3 is 2.58 bits per heavy atom. The number of hydrogen-bond acceptors (Lipinski definition) is 6. The molecule has 128 valence electrons. The number of carbonyl (C=O) groups is 2. The number of nitrogens with zero attached hydrogens (tertiary/aromatic N) is 4. The van der Waals surface area contributed by atoms with Gasteiger partial charge in [0.1, 0.15) is 0 Å². The molecule has 1 aromatic heterocycles. The minimum atomic E-state index is -0.528. The number of nitrogens with one attached hydrogen (secondary N) is 2. The smallest absolute Gasteiger partial charge is 0.321 e. The van der Waals surface area contributed by atoms with Crippen molar-refractivity contribution in [1.82, 2.24) is 30.8 Å². The van der Waals surface area contributed by atoms with Crippen molar-refractivity contribution in [3.05, 3.63) is 35.9 Å². The van der Waals surface area contributed by atoms with E-state index in [4.69, 9.17) is 0 Å². The second-order valence-electron chi connectivity index (χ2n) is 6.05. The van der Waals surface area contributed by atoms with E-state index in [9.17, 15) is 9.59 Å². The van der Waals surface area contributed by atoms with Gasteiger partial charge in [0.05, 0.1) is 11.3 Å². The van der Waals surface area contributed by atoms with Crippen molar-refractivity contribution in [2.75, 3.05) is 5.75 Å². The molecule has 0 bridgehead atoms. The predicted molar refractivity (Wildman–Crippen MR) is 90.4 cm³/mol. The second-order valence-corrected chi connectivity index (χ2v) is 6.99. The van der Waals surface area contributed by atoms with E-state index in [0.717, 1.165) is 5.56 Å². The highest BCUT2D eigenvalue weighted by Gasteiger charge is 2.20. The van der Waals surface area contributed by atoms with Crippen LogP contribution in [0.4, 0.5) is 4.79 Å². The summed E-state index contributed by atoms with van der Waals surface area (Å²) in [5, 5.41) is 16.9. The molecule has 0 fully saturated rings. The lowest BCUT2D eigenvalue weighted by atomic mass is 10.1. The molecule has 2 N–H and O–H groups in total. The number of urea groups is 1. The van der Waals surface area contributed by atoms with Crippen molar-refractivity contribution in [2.45, 2.75) is 38.0 Å². The second kappa shape index (κ2) is 7.91. The first-order chi connectivity index (χ1) is 11.4. The maximum Gasteiger partial charge on any atom is 0.321 e. The molecule has 3 amide bonds. The molecule has 0 atom stereocenters. The number of carbonyl (C=O) groups excluding carboxylic acids is 2. The van der Waals surface area contributed by atoms with Crippen molar-refractivity contribution >= 4 is 23.7 Å². The molecule has 0 aliphatic carbocycles. The molecule has 0 radical (unpaired) electrons. The van der Waals surface area contributed by atoms with E-state index in [1.807, 2.05) is 51.1 Å². The monoisotopic (exact) mass is 348 g/mol. The van der Waals surface area contributed by atoms with Gasteiger partial charge in [0.25, 0.3) is 0 Å². The standard InChI is InChI=1S/C15H20N6O2S/c1-15(2,3)21-14(18-19-20-21)24-10-12(22)17-13(23)16-9-11-7-5-4-6-8-11/h4-8H,9-10H2,1-3H3,(H2,16,17,22,23). The zero-order chi connectivity index (χ0) is 17.6. The van der Waals surface area contributed by atoms with E-state index in [0.29, 0.717) is 11.7 Å². The van der Waals surface area contributed by atoms with Crippen LogP contribution in [0.15, 0.2) is 35.5 Å². The molecule has 0 saturated carbocycles. The van der Waals surface area contributed by atoms with Gasteiger partial charge >= 0.3 is 6.03 Å².